The maximum atomic E-state index is 5.86. The molecule has 0 aromatic heterocycles. The van der Waals surface area contributed by atoms with Crippen LogP contribution in [0.15, 0.2) is 18.2 Å². The Kier molecular flexibility index (Phi) is 4.28. The fraction of sp³-hybridized carbons (Fsp3) is 0.500. The Labute approximate surface area is 110 Å². The minimum atomic E-state index is 0.447. The summed E-state index contributed by atoms with van der Waals surface area (Å²) in [5, 5.41) is 3.68. The lowest BCUT2D eigenvalue weighted by atomic mass is 9.87. The second-order valence-electron chi connectivity index (χ2n) is 5.15. The van der Waals surface area contributed by atoms with Crippen molar-refractivity contribution >= 4 is 5.69 Å². The molecule has 0 saturated carbocycles. The van der Waals surface area contributed by atoms with Crippen molar-refractivity contribution in [3.63, 3.8) is 0 Å². The molecule has 2 heteroatoms. The van der Waals surface area contributed by atoms with E-state index >= 15 is 0 Å². The first kappa shape index (κ1) is 13.0. The maximum Gasteiger partial charge on any atom is 0.0316 e. The zero-order valence-corrected chi connectivity index (χ0v) is 11.1. The van der Waals surface area contributed by atoms with Crippen molar-refractivity contribution in [3.8, 4) is 12.3 Å². The van der Waals surface area contributed by atoms with Gasteiger partial charge in [0.1, 0.15) is 0 Å². The summed E-state index contributed by atoms with van der Waals surface area (Å²) in [6.07, 6.45) is 10.7. The first-order valence-corrected chi connectivity index (χ1v) is 6.79. The van der Waals surface area contributed by atoms with Crippen molar-refractivity contribution in [1.29, 1.82) is 0 Å². The molecule has 1 aromatic rings. The quantitative estimate of drug-likeness (QED) is 0.629. The van der Waals surface area contributed by atoms with Gasteiger partial charge in [-0.1, -0.05) is 13.0 Å². The highest BCUT2D eigenvalue weighted by molar-refractivity contribution is 5.46. The zero-order chi connectivity index (χ0) is 13.0. The van der Waals surface area contributed by atoms with Gasteiger partial charge in [0.25, 0.3) is 0 Å². The van der Waals surface area contributed by atoms with Gasteiger partial charge in [-0.05, 0) is 48.9 Å². The molecular weight excluding hydrogens is 220 g/mol. The van der Waals surface area contributed by atoms with Crippen molar-refractivity contribution in [2.24, 2.45) is 0 Å². The van der Waals surface area contributed by atoms with Gasteiger partial charge in [-0.3, -0.25) is 0 Å². The van der Waals surface area contributed by atoms with Crippen LogP contribution in [0.2, 0.25) is 0 Å². The molecular formula is C16H22N2. The second kappa shape index (κ2) is 5.93. The molecule has 1 aromatic carbocycles. The topological polar surface area (TPSA) is 38.0 Å². The van der Waals surface area contributed by atoms with Crippen molar-refractivity contribution in [1.82, 2.24) is 5.32 Å². The summed E-state index contributed by atoms with van der Waals surface area (Å²) in [6.45, 7) is 2.18. The number of terminal acetylenes is 1. The lowest BCUT2D eigenvalue weighted by Gasteiger charge is -2.29. The number of anilines is 1. The van der Waals surface area contributed by atoms with E-state index in [0.717, 1.165) is 31.4 Å². The van der Waals surface area contributed by atoms with Crippen LogP contribution >= 0.6 is 0 Å². The van der Waals surface area contributed by atoms with Gasteiger partial charge >= 0.3 is 0 Å². The Bertz CT molecular complexity index is 445. The lowest BCUT2D eigenvalue weighted by molar-refractivity contribution is 0.388. The molecule has 0 aliphatic heterocycles. The molecule has 2 atom stereocenters. The summed E-state index contributed by atoms with van der Waals surface area (Å²) < 4.78 is 0. The number of fused-ring (bicyclic) bond motifs is 1. The largest absolute Gasteiger partial charge is 0.399 e. The van der Waals surface area contributed by atoms with E-state index in [-0.39, 0.29) is 0 Å². The third-order valence-corrected chi connectivity index (χ3v) is 3.79. The molecule has 2 nitrogen and oxygen atoms in total. The molecule has 0 fully saturated rings. The second-order valence-corrected chi connectivity index (χ2v) is 5.15. The summed E-state index contributed by atoms with van der Waals surface area (Å²) in [4.78, 5) is 0. The molecule has 1 aliphatic carbocycles. The fourth-order valence-corrected chi connectivity index (χ4v) is 2.72. The van der Waals surface area contributed by atoms with Crippen LogP contribution < -0.4 is 11.1 Å². The molecule has 2 unspecified atom stereocenters. The van der Waals surface area contributed by atoms with Crippen LogP contribution in [0.25, 0.3) is 0 Å². The number of nitrogens with two attached hydrogens (primary N) is 1. The molecule has 0 spiro atoms. The first-order valence-electron chi connectivity index (χ1n) is 6.79. The Hall–Kier alpha value is -1.46. The fourth-order valence-electron chi connectivity index (χ4n) is 2.72. The van der Waals surface area contributed by atoms with Crippen LogP contribution in [0.1, 0.15) is 37.3 Å². The van der Waals surface area contributed by atoms with E-state index in [0.29, 0.717) is 12.1 Å². The maximum absolute atomic E-state index is 5.86. The van der Waals surface area contributed by atoms with E-state index in [1.807, 2.05) is 6.07 Å². The first-order chi connectivity index (χ1) is 8.72. The van der Waals surface area contributed by atoms with Gasteiger partial charge in [0.15, 0.2) is 0 Å². The number of nitrogen functional groups attached to an aromatic ring is 1. The predicted molar refractivity (Wildman–Crippen MR) is 77.3 cm³/mol. The highest BCUT2D eigenvalue weighted by atomic mass is 14.9. The monoisotopic (exact) mass is 242 g/mol. The summed E-state index contributed by atoms with van der Waals surface area (Å²) >= 11 is 0. The minimum absolute atomic E-state index is 0.447. The Balaban J connectivity index is 2.01. The molecule has 2 rings (SSSR count). The molecule has 0 bridgehead atoms. The molecule has 0 saturated heterocycles. The number of nitrogens with one attached hydrogen (secondary N) is 1. The molecule has 0 heterocycles. The van der Waals surface area contributed by atoms with Crippen LogP contribution in [-0.2, 0) is 12.8 Å². The van der Waals surface area contributed by atoms with Gasteiger partial charge in [-0.15, -0.1) is 12.3 Å². The van der Waals surface area contributed by atoms with E-state index in [1.165, 1.54) is 17.5 Å². The SMILES string of the molecule is C#CCC(CC)NC1CCc2ccc(N)cc2C1. The summed E-state index contributed by atoms with van der Waals surface area (Å²) in [7, 11) is 0. The van der Waals surface area contributed by atoms with Gasteiger partial charge in [-0.2, -0.15) is 0 Å². The van der Waals surface area contributed by atoms with Crippen molar-refractivity contribution in [2.45, 2.75) is 51.1 Å². The summed E-state index contributed by atoms with van der Waals surface area (Å²) in [5.41, 5.74) is 9.57. The van der Waals surface area contributed by atoms with Crippen LogP contribution in [0, 0.1) is 12.3 Å². The third-order valence-electron chi connectivity index (χ3n) is 3.79. The zero-order valence-electron chi connectivity index (χ0n) is 11.1. The molecule has 3 N–H and O–H groups in total. The van der Waals surface area contributed by atoms with Crippen LogP contribution in [0.3, 0.4) is 0 Å². The Morgan fingerprint density at radius 2 is 2.33 bits per heavy atom. The van der Waals surface area contributed by atoms with Crippen molar-refractivity contribution in [3.05, 3.63) is 29.3 Å². The van der Waals surface area contributed by atoms with E-state index in [2.05, 4.69) is 30.3 Å². The van der Waals surface area contributed by atoms with Gasteiger partial charge in [0.2, 0.25) is 0 Å². The van der Waals surface area contributed by atoms with Gasteiger partial charge in [0.05, 0.1) is 0 Å². The molecule has 96 valence electrons. The lowest BCUT2D eigenvalue weighted by Crippen LogP contribution is -2.41. The highest BCUT2D eigenvalue weighted by Crippen LogP contribution is 2.24. The Morgan fingerprint density at radius 1 is 1.50 bits per heavy atom. The number of hydrogen-bond acceptors (Lipinski definition) is 2. The van der Waals surface area contributed by atoms with E-state index in [4.69, 9.17) is 12.2 Å². The molecule has 0 amide bonds. The van der Waals surface area contributed by atoms with Gasteiger partial charge in [-0.25, -0.2) is 0 Å². The standard InChI is InChI=1S/C16H22N2/c1-3-5-15(4-2)18-16-9-7-12-6-8-14(17)10-13(12)11-16/h1,6,8,10,15-16,18H,4-5,7,9,11,17H2,2H3. The normalized spacial score (nSPS) is 19.9. The van der Waals surface area contributed by atoms with Crippen LogP contribution in [0.5, 0.6) is 0 Å². The molecule has 0 radical (unpaired) electrons. The summed E-state index contributed by atoms with van der Waals surface area (Å²) in [6, 6.07) is 7.27. The number of rotatable bonds is 4. The van der Waals surface area contributed by atoms with Crippen molar-refractivity contribution < 1.29 is 0 Å². The van der Waals surface area contributed by atoms with E-state index in [9.17, 15) is 0 Å². The smallest absolute Gasteiger partial charge is 0.0316 e. The van der Waals surface area contributed by atoms with Crippen LogP contribution in [0.4, 0.5) is 5.69 Å². The average molecular weight is 242 g/mol. The summed E-state index contributed by atoms with van der Waals surface area (Å²) in [5.74, 6) is 2.75. The van der Waals surface area contributed by atoms with Crippen molar-refractivity contribution in [2.75, 3.05) is 5.73 Å². The van der Waals surface area contributed by atoms with E-state index in [1.54, 1.807) is 0 Å². The number of hydrogen-bond donors (Lipinski definition) is 2. The molecule has 1 aliphatic rings. The van der Waals surface area contributed by atoms with Gasteiger partial charge < -0.3 is 11.1 Å². The van der Waals surface area contributed by atoms with E-state index < -0.39 is 0 Å². The van der Waals surface area contributed by atoms with Gasteiger partial charge in [0, 0.05) is 24.2 Å². The highest BCUT2D eigenvalue weighted by Gasteiger charge is 2.20. The predicted octanol–water partition coefficient (Wildman–Crippen LogP) is 2.52. The Morgan fingerprint density at radius 3 is 3.06 bits per heavy atom. The number of aryl methyl sites for hydroxylation is 1. The molecule has 18 heavy (non-hydrogen) atoms. The van der Waals surface area contributed by atoms with Crippen LogP contribution in [-0.4, -0.2) is 12.1 Å². The average Bonchev–Trinajstić information content (AvgIpc) is 2.37. The minimum Gasteiger partial charge on any atom is -0.399 e. The third kappa shape index (κ3) is 3.05. The number of benzene rings is 1.